The first kappa shape index (κ1) is 20.2. The Balaban J connectivity index is 1.73. The van der Waals surface area contributed by atoms with Crippen molar-refractivity contribution in [3.05, 3.63) is 72.6 Å². The second-order valence-corrected chi connectivity index (χ2v) is 7.61. The van der Waals surface area contributed by atoms with Crippen molar-refractivity contribution in [2.24, 2.45) is 0 Å². The quantitative estimate of drug-likeness (QED) is 0.695. The summed E-state index contributed by atoms with van der Waals surface area (Å²) in [6.07, 6.45) is 14.2. The second kappa shape index (κ2) is 10.1. The van der Waals surface area contributed by atoms with E-state index in [0.29, 0.717) is 18.7 Å². The van der Waals surface area contributed by atoms with Gasteiger partial charge in [-0.3, -0.25) is 9.78 Å². The van der Waals surface area contributed by atoms with E-state index in [0.717, 1.165) is 41.8 Å². The molecule has 0 spiro atoms. The molecule has 4 rings (SSSR count). The maximum atomic E-state index is 13.4. The molecule has 3 aromatic rings. The third kappa shape index (κ3) is 4.89. The number of hydrogen-bond donors (Lipinski definition) is 1. The molecule has 0 atom stereocenters. The van der Waals surface area contributed by atoms with Crippen molar-refractivity contribution < 1.29 is 4.79 Å². The third-order valence-corrected chi connectivity index (χ3v) is 5.47. The highest BCUT2D eigenvalue weighted by Gasteiger charge is 2.21. The van der Waals surface area contributed by atoms with Crippen LogP contribution in [0.1, 0.15) is 48.0 Å². The average molecular weight is 402 g/mol. The number of carbonyl (C=O) groups is 1. The van der Waals surface area contributed by atoms with Gasteiger partial charge >= 0.3 is 0 Å². The van der Waals surface area contributed by atoms with Crippen LogP contribution in [0.15, 0.2) is 61.4 Å². The fourth-order valence-electron chi connectivity index (χ4n) is 3.87. The van der Waals surface area contributed by atoms with E-state index in [2.05, 4.69) is 32.4 Å². The predicted octanol–water partition coefficient (Wildman–Crippen LogP) is 4.24. The van der Waals surface area contributed by atoms with Crippen molar-refractivity contribution in [3.8, 4) is 11.1 Å². The van der Waals surface area contributed by atoms with Gasteiger partial charge in [-0.15, -0.1) is 0 Å². The fourth-order valence-corrected chi connectivity index (χ4v) is 3.87. The fraction of sp³-hybridized carbons (Fsp3) is 0.333. The van der Waals surface area contributed by atoms with E-state index in [4.69, 9.17) is 0 Å². The molecule has 0 aliphatic carbocycles. The highest BCUT2D eigenvalue weighted by molar-refractivity contribution is 6.06. The normalized spacial score (nSPS) is 15.5. The van der Waals surface area contributed by atoms with Crippen LogP contribution in [0, 0.1) is 0 Å². The number of fused-ring (bicyclic) bond motifs is 1. The molecule has 0 saturated carbocycles. The molecule has 0 radical (unpaired) electrons. The summed E-state index contributed by atoms with van der Waals surface area (Å²) in [5, 5.41) is 3.56. The molecule has 6 nitrogen and oxygen atoms in total. The number of aromatic nitrogens is 3. The van der Waals surface area contributed by atoms with Crippen LogP contribution in [-0.2, 0) is 6.54 Å². The standard InChI is InChI=1S/C24H27N5O/c30-24(20-7-6-11-26-14-20)29-12-5-3-1-2-4-10-25-15-21-13-19(8-9-23(21)29)22-16-27-18-28-17-22/h6-9,11,13-14,16-18,25H,1-5,10,12,15H2. The van der Waals surface area contributed by atoms with Gasteiger partial charge in [-0.1, -0.05) is 25.3 Å². The zero-order valence-electron chi connectivity index (χ0n) is 17.1. The summed E-state index contributed by atoms with van der Waals surface area (Å²) >= 11 is 0. The molecule has 30 heavy (non-hydrogen) atoms. The lowest BCUT2D eigenvalue weighted by atomic mass is 10.0. The van der Waals surface area contributed by atoms with Crippen molar-refractivity contribution in [1.29, 1.82) is 0 Å². The molecule has 1 aliphatic heterocycles. The van der Waals surface area contributed by atoms with Crippen LogP contribution in [0.4, 0.5) is 5.69 Å². The number of nitrogens with zero attached hydrogens (tertiary/aromatic N) is 4. The Bertz CT molecular complexity index is 962. The number of pyridine rings is 1. The minimum absolute atomic E-state index is 0.00259. The molecule has 0 saturated heterocycles. The lowest BCUT2D eigenvalue weighted by Gasteiger charge is -2.27. The molecule has 1 aromatic carbocycles. The summed E-state index contributed by atoms with van der Waals surface area (Å²) in [5.41, 5.74) is 4.70. The van der Waals surface area contributed by atoms with Crippen LogP contribution in [0.2, 0.25) is 0 Å². The first-order valence-electron chi connectivity index (χ1n) is 10.6. The van der Waals surface area contributed by atoms with Crippen molar-refractivity contribution >= 4 is 11.6 Å². The van der Waals surface area contributed by atoms with Gasteiger partial charge in [0.1, 0.15) is 6.33 Å². The average Bonchev–Trinajstić information content (AvgIpc) is 2.80. The van der Waals surface area contributed by atoms with Gasteiger partial charge in [0.15, 0.2) is 0 Å². The highest BCUT2D eigenvalue weighted by Crippen LogP contribution is 2.29. The van der Waals surface area contributed by atoms with Crippen LogP contribution in [-0.4, -0.2) is 33.9 Å². The number of amides is 1. The van der Waals surface area contributed by atoms with Crippen molar-refractivity contribution in [3.63, 3.8) is 0 Å². The molecule has 2 aromatic heterocycles. The first-order valence-corrected chi connectivity index (χ1v) is 10.6. The molecular weight excluding hydrogens is 374 g/mol. The molecule has 1 aliphatic rings. The summed E-state index contributed by atoms with van der Waals surface area (Å²) in [6.45, 7) is 2.40. The molecule has 154 valence electrons. The minimum Gasteiger partial charge on any atom is -0.313 e. The summed E-state index contributed by atoms with van der Waals surface area (Å²) in [6, 6.07) is 9.90. The lowest BCUT2D eigenvalue weighted by Crippen LogP contribution is -2.33. The molecule has 1 amide bonds. The maximum absolute atomic E-state index is 13.4. The Kier molecular flexibility index (Phi) is 6.77. The van der Waals surface area contributed by atoms with Crippen LogP contribution in [0.3, 0.4) is 0 Å². The third-order valence-electron chi connectivity index (χ3n) is 5.47. The van der Waals surface area contributed by atoms with Crippen molar-refractivity contribution in [2.45, 2.75) is 38.6 Å². The zero-order valence-corrected chi connectivity index (χ0v) is 17.1. The van der Waals surface area contributed by atoms with Gasteiger partial charge in [-0.2, -0.15) is 0 Å². The molecule has 0 bridgehead atoms. The number of benzene rings is 1. The van der Waals surface area contributed by atoms with Crippen LogP contribution >= 0.6 is 0 Å². The summed E-state index contributed by atoms with van der Waals surface area (Å²) in [4.78, 5) is 27.7. The number of anilines is 1. The van der Waals surface area contributed by atoms with E-state index < -0.39 is 0 Å². The number of hydrogen-bond acceptors (Lipinski definition) is 5. The Morgan fingerprint density at radius 2 is 1.73 bits per heavy atom. The van der Waals surface area contributed by atoms with Gasteiger partial charge in [0, 0.05) is 49.1 Å². The summed E-state index contributed by atoms with van der Waals surface area (Å²) in [5.74, 6) is -0.00259. The monoisotopic (exact) mass is 401 g/mol. The largest absolute Gasteiger partial charge is 0.313 e. The van der Waals surface area contributed by atoms with Gasteiger partial charge in [0.25, 0.3) is 5.91 Å². The zero-order chi connectivity index (χ0) is 20.6. The van der Waals surface area contributed by atoms with Crippen molar-refractivity contribution in [2.75, 3.05) is 18.0 Å². The number of nitrogens with one attached hydrogen (secondary N) is 1. The van der Waals surface area contributed by atoms with Crippen molar-refractivity contribution in [1.82, 2.24) is 20.3 Å². The molecule has 6 heteroatoms. The van der Waals surface area contributed by atoms with Gasteiger partial charge in [-0.05, 0) is 54.8 Å². The Morgan fingerprint density at radius 3 is 2.57 bits per heavy atom. The summed E-state index contributed by atoms with van der Waals surface area (Å²) in [7, 11) is 0. The van der Waals surface area contributed by atoms with Gasteiger partial charge in [0.05, 0.1) is 5.56 Å². The van der Waals surface area contributed by atoms with E-state index >= 15 is 0 Å². The van der Waals surface area contributed by atoms with Gasteiger partial charge in [-0.25, -0.2) is 9.97 Å². The SMILES string of the molecule is O=C(c1cccnc1)N1CCCCCCCNCc2cc(-c3cncnc3)ccc21. The lowest BCUT2D eigenvalue weighted by molar-refractivity contribution is 0.0986. The minimum atomic E-state index is -0.00259. The molecular formula is C24H27N5O. The predicted molar refractivity (Wildman–Crippen MR) is 118 cm³/mol. The van der Waals surface area contributed by atoms with Crippen LogP contribution < -0.4 is 10.2 Å². The molecule has 0 fully saturated rings. The molecule has 0 unspecified atom stereocenters. The Labute approximate surface area is 177 Å². The molecule has 1 N–H and O–H groups in total. The van der Waals surface area contributed by atoms with E-state index in [1.54, 1.807) is 12.4 Å². The number of rotatable bonds is 2. The molecule has 3 heterocycles. The first-order chi connectivity index (χ1) is 14.8. The smallest absolute Gasteiger partial charge is 0.259 e. The van der Waals surface area contributed by atoms with E-state index in [1.165, 1.54) is 25.6 Å². The van der Waals surface area contributed by atoms with Crippen LogP contribution in [0.25, 0.3) is 11.1 Å². The highest BCUT2D eigenvalue weighted by atomic mass is 16.2. The van der Waals surface area contributed by atoms with E-state index in [-0.39, 0.29) is 5.91 Å². The Morgan fingerprint density at radius 1 is 0.900 bits per heavy atom. The van der Waals surface area contributed by atoms with E-state index in [9.17, 15) is 4.79 Å². The van der Waals surface area contributed by atoms with Crippen LogP contribution in [0.5, 0.6) is 0 Å². The van der Waals surface area contributed by atoms with Gasteiger partial charge < -0.3 is 10.2 Å². The van der Waals surface area contributed by atoms with E-state index in [1.807, 2.05) is 35.5 Å². The topological polar surface area (TPSA) is 71.0 Å². The van der Waals surface area contributed by atoms with Gasteiger partial charge in [0.2, 0.25) is 0 Å². The maximum Gasteiger partial charge on any atom is 0.259 e. The Hall–Kier alpha value is -3.12. The summed E-state index contributed by atoms with van der Waals surface area (Å²) < 4.78 is 0. The second-order valence-electron chi connectivity index (χ2n) is 7.61. The number of carbonyl (C=O) groups excluding carboxylic acids is 1.